The summed E-state index contributed by atoms with van der Waals surface area (Å²) < 4.78 is 0. The molecule has 0 saturated carbocycles. The van der Waals surface area contributed by atoms with Crippen molar-refractivity contribution < 1.29 is 20.1 Å². The summed E-state index contributed by atoms with van der Waals surface area (Å²) in [7, 11) is 0. The van der Waals surface area contributed by atoms with Gasteiger partial charge < -0.3 is 15.3 Å². The van der Waals surface area contributed by atoms with Crippen LogP contribution in [0.4, 0.5) is 0 Å². The van der Waals surface area contributed by atoms with E-state index in [1.165, 1.54) is 64.2 Å². The molecule has 0 spiro atoms. The van der Waals surface area contributed by atoms with Gasteiger partial charge in [-0.3, -0.25) is 4.79 Å². The number of allylic oxidation sites excluding steroid dienone is 7. The second-order valence-corrected chi connectivity index (χ2v) is 9.82. The molecule has 0 amide bonds. The van der Waals surface area contributed by atoms with E-state index in [-0.39, 0.29) is 0 Å². The lowest BCUT2D eigenvalue weighted by Gasteiger charge is -2.02. The van der Waals surface area contributed by atoms with Gasteiger partial charge >= 0.3 is 5.97 Å². The van der Waals surface area contributed by atoms with Crippen molar-refractivity contribution in [3.63, 3.8) is 0 Å². The number of carbonyl (C=O) groups is 1. The lowest BCUT2D eigenvalue weighted by atomic mass is 10.0. The highest BCUT2D eigenvalue weighted by Gasteiger charge is 1.97. The van der Waals surface area contributed by atoms with E-state index >= 15 is 0 Å². The van der Waals surface area contributed by atoms with Crippen LogP contribution in [0.15, 0.2) is 60.8 Å². The van der Waals surface area contributed by atoms with Gasteiger partial charge in [-0.1, -0.05) is 138 Å². The molecule has 38 heavy (non-hydrogen) atoms. The average molecular weight is 527 g/mol. The van der Waals surface area contributed by atoms with Crippen LogP contribution in [0.3, 0.4) is 0 Å². The van der Waals surface area contributed by atoms with E-state index in [0.717, 1.165) is 32.1 Å². The molecule has 2 atom stereocenters. The summed E-state index contributed by atoms with van der Waals surface area (Å²) in [4.78, 5) is 10.5. The summed E-state index contributed by atoms with van der Waals surface area (Å²) in [6, 6.07) is 0. The van der Waals surface area contributed by atoms with Gasteiger partial charge in [-0.15, -0.1) is 0 Å². The number of unbranched alkanes of at least 4 members (excludes halogenated alkanes) is 12. The first kappa shape index (κ1) is 35.6. The monoisotopic (exact) mass is 526 g/mol. The van der Waals surface area contributed by atoms with Crippen molar-refractivity contribution in [3.8, 4) is 11.8 Å². The molecule has 0 radical (unpaired) electrons. The third-order valence-corrected chi connectivity index (χ3v) is 6.13. The Morgan fingerprint density at radius 1 is 0.711 bits per heavy atom. The first-order valence-corrected chi connectivity index (χ1v) is 14.9. The highest BCUT2D eigenvalue weighted by Crippen LogP contribution is 2.13. The van der Waals surface area contributed by atoms with Crippen LogP contribution >= 0.6 is 0 Å². The number of hydrogen-bond acceptors (Lipinski definition) is 3. The standard InChI is InChI=1S/C34H54O4/c1-2-3-22-27-32(35)29-24-20-21-25-30-33(36)28-23-18-16-14-12-10-8-6-4-5-7-9-11-13-15-17-19-26-31-34(37)38/h3,12,14,18,20-23,25,30,32-33,35-36H,2,4-11,13,15-17,19,26-28,31H2,1H3,(H,37,38)/b14-12-,21-20+,22-3-,23-18-,30-25+/t32-,33+/m0/s1. The Kier molecular flexibility index (Phi) is 27.4. The Morgan fingerprint density at radius 3 is 1.92 bits per heavy atom. The molecule has 4 heteroatoms. The molecule has 0 fully saturated rings. The van der Waals surface area contributed by atoms with E-state index in [1.807, 2.05) is 18.2 Å². The van der Waals surface area contributed by atoms with E-state index in [4.69, 9.17) is 5.11 Å². The smallest absolute Gasteiger partial charge is 0.303 e. The number of carboxylic acids is 1. The highest BCUT2D eigenvalue weighted by molar-refractivity contribution is 5.66. The van der Waals surface area contributed by atoms with Crippen molar-refractivity contribution in [2.75, 3.05) is 0 Å². The van der Waals surface area contributed by atoms with Gasteiger partial charge in [-0.05, 0) is 44.6 Å². The summed E-state index contributed by atoms with van der Waals surface area (Å²) >= 11 is 0. The van der Waals surface area contributed by atoms with Crippen LogP contribution in [0, 0.1) is 11.8 Å². The molecule has 0 unspecified atom stereocenters. The quantitative estimate of drug-likeness (QED) is 0.0509. The number of rotatable bonds is 24. The average Bonchev–Trinajstić information content (AvgIpc) is 2.89. The summed E-state index contributed by atoms with van der Waals surface area (Å²) in [6.45, 7) is 2.06. The van der Waals surface area contributed by atoms with Gasteiger partial charge in [-0.25, -0.2) is 0 Å². The number of carboxylic acid groups (broad SMARTS) is 1. The molecule has 4 nitrogen and oxygen atoms in total. The van der Waals surface area contributed by atoms with Gasteiger partial charge in [0.15, 0.2) is 0 Å². The van der Waals surface area contributed by atoms with Crippen LogP contribution in [0.25, 0.3) is 0 Å². The maximum atomic E-state index is 10.5. The fraction of sp³-hybridized carbons (Fsp3) is 0.618. The molecule has 0 aromatic carbocycles. The minimum atomic E-state index is -0.674. The minimum Gasteiger partial charge on any atom is -0.481 e. The maximum Gasteiger partial charge on any atom is 0.303 e. The van der Waals surface area contributed by atoms with Crippen molar-refractivity contribution in [3.05, 3.63) is 60.8 Å². The third-order valence-electron chi connectivity index (χ3n) is 6.13. The number of aliphatic carboxylic acids is 1. The molecular weight excluding hydrogens is 472 g/mol. The molecule has 0 saturated heterocycles. The fourth-order valence-electron chi connectivity index (χ4n) is 3.90. The van der Waals surface area contributed by atoms with Gasteiger partial charge in [0.25, 0.3) is 0 Å². The van der Waals surface area contributed by atoms with E-state index in [1.54, 1.807) is 24.3 Å². The third kappa shape index (κ3) is 29.9. The Hall–Kier alpha value is -2.35. The van der Waals surface area contributed by atoms with Crippen molar-refractivity contribution in [2.24, 2.45) is 0 Å². The molecule has 0 heterocycles. The first-order chi connectivity index (χ1) is 18.6. The molecule has 0 aromatic heterocycles. The van der Waals surface area contributed by atoms with Crippen LogP contribution in [-0.2, 0) is 4.79 Å². The molecule has 3 N–H and O–H groups in total. The summed E-state index contributed by atoms with van der Waals surface area (Å²) in [5, 5.41) is 28.3. The second kappa shape index (κ2) is 29.2. The van der Waals surface area contributed by atoms with Crippen LogP contribution < -0.4 is 0 Å². The molecule has 0 aliphatic heterocycles. The summed E-state index contributed by atoms with van der Waals surface area (Å²) in [5.41, 5.74) is 0. The first-order valence-electron chi connectivity index (χ1n) is 14.9. The molecule has 214 valence electrons. The lowest BCUT2D eigenvalue weighted by Crippen LogP contribution is -1.99. The van der Waals surface area contributed by atoms with Gasteiger partial charge in [0.2, 0.25) is 0 Å². The summed E-state index contributed by atoms with van der Waals surface area (Å²) in [5.74, 6) is 4.90. The normalized spacial score (nSPS) is 13.8. The molecule has 0 rings (SSSR count). The molecule has 0 aliphatic rings. The van der Waals surface area contributed by atoms with E-state index in [0.29, 0.717) is 19.3 Å². The van der Waals surface area contributed by atoms with Gasteiger partial charge in [0.1, 0.15) is 6.10 Å². The van der Waals surface area contributed by atoms with Crippen molar-refractivity contribution in [1.82, 2.24) is 0 Å². The number of aliphatic hydroxyl groups excluding tert-OH is 2. The van der Waals surface area contributed by atoms with Crippen LogP contribution in [0.1, 0.15) is 122 Å². The number of hydrogen-bond donors (Lipinski definition) is 3. The topological polar surface area (TPSA) is 77.8 Å². The summed E-state index contributed by atoms with van der Waals surface area (Å²) in [6.07, 6.45) is 37.7. The zero-order chi connectivity index (χ0) is 27.9. The largest absolute Gasteiger partial charge is 0.481 e. The molecule has 0 aromatic rings. The second-order valence-electron chi connectivity index (χ2n) is 9.82. The fourth-order valence-corrected chi connectivity index (χ4v) is 3.90. The predicted octanol–water partition coefficient (Wildman–Crippen LogP) is 8.62. The van der Waals surface area contributed by atoms with Gasteiger partial charge in [0, 0.05) is 12.8 Å². The Bertz CT molecular complexity index is 748. The van der Waals surface area contributed by atoms with Gasteiger partial charge in [0.05, 0.1) is 6.10 Å². The maximum absolute atomic E-state index is 10.5. The van der Waals surface area contributed by atoms with E-state index in [2.05, 4.69) is 37.0 Å². The molecule has 0 bridgehead atoms. The Labute approximate surface area is 233 Å². The van der Waals surface area contributed by atoms with Crippen LogP contribution in [-0.4, -0.2) is 33.5 Å². The van der Waals surface area contributed by atoms with Crippen LogP contribution in [0.5, 0.6) is 0 Å². The zero-order valence-electron chi connectivity index (χ0n) is 23.9. The van der Waals surface area contributed by atoms with E-state index < -0.39 is 18.2 Å². The van der Waals surface area contributed by atoms with Crippen LogP contribution in [0.2, 0.25) is 0 Å². The van der Waals surface area contributed by atoms with Crippen molar-refractivity contribution in [2.45, 2.75) is 135 Å². The minimum absolute atomic E-state index is 0.318. The predicted molar refractivity (Wildman–Crippen MR) is 162 cm³/mol. The Balaban J connectivity index is 3.55. The Morgan fingerprint density at radius 2 is 1.29 bits per heavy atom. The van der Waals surface area contributed by atoms with E-state index in [9.17, 15) is 15.0 Å². The SMILES string of the molecule is CC/C=C\C[C@H](O)C#C/C=C/C=C/[C@H](O)C/C=C\C/C=C\CCCCCCCCCCCCCCC(=O)O. The van der Waals surface area contributed by atoms with Crippen molar-refractivity contribution in [1.29, 1.82) is 0 Å². The number of aliphatic hydroxyl groups is 2. The molecular formula is C34H54O4. The lowest BCUT2D eigenvalue weighted by molar-refractivity contribution is -0.137. The van der Waals surface area contributed by atoms with Crippen molar-refractivity contribution >= 4 is 5.97 Å². The molecule has 0 aliphatic carbocycles. The van der Waals surface area contributed by atoms with Gasteiger partial charge in [-0.2, -0.15) is 0 Å². The zero-order valence-corrected chi connectivity index (χ0v) is 23.9. The highest BCUT2D eigenvalue weighted by atomic mass is 16.4.